The Balaban J connectivity index is 0.000001000. The topological polar surface area (TPSA) is 24.4 Å². The van der Waals surface area contributed by atoms with E-state index in [1.165, 1.54) is 18.6 Å². The van der Waals surface area contributed by atoms with E-state index in [9.17, 15) is 0 Å². The lowest BCUT2D eigenvalue weighted by molar-refractivity contribution is 0.897. The van der Waals surface area contributed by atoms with Crippen LogP contribution in [0.2, 0.25) is 0 Å². The molecule has 11 heavy (non-hydrogen) atoms. The standard InChI is InChI=1S/C7H14N2S.HI/c1-2-3-6-10-7-8-4-5-9-7;/h2-6H2,1H3,(H,8,9);1H. The predicted octanol–water partition coefficient (Wildman–Crippen LogP) is 2.10. The fourth-order valence-corrected chi connectivity index (χ4v) is 1.80. The average Bonchev–Trinajstić information content (AvgIpc) is 2.41. The van der Waals surface area contributed by atoms with E-state index < -0.39 is 0 Å². The fourth-order valence-electron chi connectivity index (χ4n) is 0.786. The molecule has 1 aliphatic rings. The minimum atomic E-state index is 0. The first-order valence-electron chi connectivity index (χ1n) is 3.84. The van der Waals surface area contributed by atoms with E-state index in [-0.39, 0.29) is 24.0 Å². The molecule has 1 N–H and O–H groups in total. The van der Waals surface area contributed by atoms with Crippen molar-refractivity contribution in [3.05, 3.63) is 0 Å². The molecule has 0 aromatic carbocycles. The van der Waals surface area contributed by atoms with Crippen LogP contribution >= 0.6 is 35.7 Å². The summed E-state index contributed by atoms with van der Waals surface area (Å²) in [5.74, 6) is 1.21. The van der Waals surface area contributed by atoms with Crippen molar-refractivity contribution in [3.63, 3.8) is 0 Å². The summed E-state index contributed by atoms with van der Waals surface area (Å²) in [6.07, 6.45) is 2.58. The lowest BCUT2D eigenvalue weighted by Gasteiger charge is -1.98. The van der Waals surface area contributed by atoms with Gasteiger partial charge in [-0.05, 0) is 6.42 Å². The lowest BCUT2D eigenvalue weighted by atomic mass is 10.4. The highest BCUT2D eigenvalue weighted by molar-refractivity contribution is 14.0. The van der Waals surface area contributed by atoms with Gasteiger partial charge in [-0.15, -0.1) is 24.0 Å². The number of aliphatic imine (C=N–C) groups is 1. The van der Waals surface area contributed by atoms with Crippen LogP contribution in [0.25, 0.3) is 0 Å². The van der Waals surface area contributed by atoms with Crippen LogP contribution < -0.4 is 5.32 Å². The van der Waals surface area contributed by atoms with Gasteiger partial charge in [-0.2, -0.15) is 0 Å². The molecule has 2 nitrogen and oxygen atoms in total. The number of nitrogens with zero attached hydrogens (tertiary/aromatic N) is 1. The molecule has 0 amide bonds. The molecule has 0 aromatic rings. The number of halogens is 1. The number of hydrogen-bond donors (Lipinski definition) is 1. The first-order chi connectivity index (χ1) is 4.93. The third kappa shape index (κ3) is 4.90. The molecule has 0 spiro atoms. The summed E-state index contributed by atoms with van der Waals surface area (Å²) in [4.78, 5) is 4.28. The number of hydrogen-bond acceptors (Lipinski definition) is 3. The number of nitrogens with one attached hydrogen (secondary N) is 1. The van der Waals surface area contributed by atoms with Crippen molar-refractivity contribution in [3.8, 4) is 0 Å². The van der Waals surface area contributed by atoms with Gasteiger partial charge in [-0.3, -0.25) is 4.99 Å². The summed E-state index contributed by atoms with van der Waals surface area (Å²) < 4.78 is 0. The number of thioether (sulfide) groups is 1. The maximum atomic E-state index is 4.28. The Kier molecular flexibility index (Phi) is 7.57. The van der Waals surface area contributed by atoms with Crippen LogP contribution in [0.3, 0.4) is 0 Å². The molecule has 0 fully saturated rings. The van der Waals surface area contributed by atoms with Crippen molar-refractivity contribution in [2.45, 2.75) is 19.8 Å². The van der Waals surface area contributed by atoms with Gasteiger partial charge in [0.2, 0.25) is 0 Å². The second-order valence-corrected chi connectivity index (χ2v) is 3.40. The number of amidine groups is 1. The first-order valence-corrected chi connectivity index (χ1v) is 4.83. The molecule has 0 aromatic heterocycles. The highest BCUT2D eigenvalue weighted by atomic mass is 127. The number of rotatable bonds is 3. The van der Waals surface area contributed by atoms with Gasteiger partial charge in [0.25, 0.3) is 0 Å². The Morgan fingerprint density at radius 1 is 1.64 bits per heavy atom. The first kappa shape index (κ1) is 11.6. The van der Waals surface area contributed by atoms with Gasteiger partial charge in [0.15, 0.2) is 5.17 Å². The van der Waals surface area contributed by atoms with Gasteiger partial charge in [0.05, 0.1) is 6.54 Å². The van der Waals surface area contributed by atoms with E-state index in [2.05, 4.69) is 17.2 Å². The van der Waals surface area contributed by atoms with Gasteiger partial charge in [-0.1, -0.05) is 25.1 Å². The molecule has 0 saturated heterocycles. The smallest absolute Gasteiger partial charge is 0.156 e. The highest BCUT2D eigenvalue weighted by Crippen LogP contribution is 2.07. The SMILES string of the molecule is CCCCSC1=NCCN1.I. The van der Waals surface area contributed by atoms with Crippen molar-refractivity contribution < 1.29 is 0 Å². The van der Waals surface area contributed by atoms with Crippen LogP contribution in [0, 0.1) is 0 Å². The summed E-state index contributed by atoms with van der Waals surface area (Å²) in [5, 5.41) is 4.38. The molecule has 0 saturated carbocycles. The van der Waals surface area contributed by atoms with E-state index >= 15 is 0 Å². The predicted molar refractivity (Wildman–Crippen MR) is 63.1 cm³/mol. The second-order valence-electron chi connectivity index (χ2n) is 2.32. The van der Waals surface area contributed by atoms with Crippen molar-refractivity contribution in [2.24, 2.45) is 4.99 Å². The zero-order chi connectivity index (χ0) is 7.23. The quantitative estimate of drug-likeness (QED) is 0.634. The molecule has 1 aliphatic heterocycles. The highest BCUT2D eigenvalue weighted by Gasteiger charge is 2.03. The molecule has 0 unspecified atom stereocenters. The number of unbranched alkanes of at least 4 members (excludes halogenated alkanes) is 1. The molecule has 1 heterocycles. The lowest BCUT2D eigenvalue weighted by Crippen LogP contribution is -2.15. The van der Waals surface area contributed by atoms with Gasteiger partial charge >= 0.3 is 0 Å². The summed E-state index contributed by atoms with van der Waals surface area (Å²) >= 11 is 1.85. The average molecular weight is 286 g/mol. The summed E-state index contributed by atoms with van der Waals surface area (Å²) in [7, 11) is 0. The van der Waals surface area contributed by atoms with E-state index in [4.69, 9.17) is 0 Å². The molecular formula is C7H15IN2S. The van der Waals surface area contributed by atoms with Crippen LogP contribution in [0.5, 0.6) is 0 Å². The zero-order valence-corrected chi connectivity index (χ0v) is 9.95. The van der Waals surface area contributed by atoms with Gasteiger partial charge in [-0.25, -0.2) is 0 Å². The summed E-state index contributed by atoms with van der Waals surface area (Å²) in [5.41, 5.74) is 0. The van der Waals surface area contributed by atoms with Crippen molar-refractivity contribution in [1.82, 2.24) is 5.32 Å². The molecule has 0 aliphatic carbocycles. The molecule has 66 valence electrons. The Labute approximate surface area is 89.6 Å². The van der Waals surface area contributed by atoms with Crippen molar-refractivity contribution in [2.75, 3.05) is 18.8 Å². The van der Waals surface area contributed by atoms with E-state index in [1.807, 2.05) is 11.8 Å². The largest absolute Gasteiger partial charge is 0.363 e. The minimum Gasteiger partial charge on any atom is -0.363 e. The van der Waals surface area contributed by atoms with E-state index in [1.54, 1.807) is 0 Å². The normalized spacial score (nSPS) is 15.2. The van der Waals surface area contributed by atoms with Crippen LogP contribution in [-0.4, -0.2) is 24.0 Å². The Hall–Kier alpha value is 0.550. The maximum absolute atomic E-state index is 4.28. The fraction of sp³-hybridized carbons (Fsp3) is 0.857. The molecular weight excluding hydrogens is 271 g/mol. The van der Waals surface area contributed by atoms with E-state index in [0.717, 1.165) is 18.3 Å². The van der Waals surface area contributed by atoms with E-state index in [0.29, 0.717) is 0 Å². The van der Waals surface area contributed by atoms with Crippen LogP contribution in [0.15, 0.2) is 4.99 Å². The van der Waals surface area contributed by atoms with Gasteiger partial charge < -0.3 is 5.32 Å². The third-order valence-corrected chi connectivity index (χ3v) is 2.42. The second kappa shape index (κ2) is 7.21. The third-order valence-electron chi connectivity index (χ3n) is 1.38. The molecule has 0 bridgehead atoms. The Morgan fingerprint density at radius 3 is 3.00 bits per heavy atom. The monoisotopic (exact) mass is 286 g/mol. The molecule has 0 radical (unpaired) electrons. The minimum absolute atomic E-state index is 0. The summed E-state index contributed by atoms with van der Waals surface area (Å²) in [6, 6.07) is 0. The summed E-state index contributed by atoms with van der Waals surface area (Å²) in [6.45, 7) is 4.22. The molecule has 4 heteroatoms. The molecule has 1 rings (SSSR count). The maximum Gasteiger partial charge on any atom is 0.156 e. The van der Waals surface area contributed by atoms with Crippen molar-refractivity contribution in [1.29, 1.82) is 0 Å². The zero-order valence-electron chi connectivity index (χ0n) is 6.80. The molecule has 0 atom stereocenters. The van der Waals surface area contributed by atoms with Gasteiger partial charge in [0.1, 0.15) is 0 Å². The van der Waals surface area contributed by atoms with Crippen LogP contribution in [0.4, 0.5) is 0 Å². The van der Waals surface area contributed by atoms with Crippen LogP contribution in [0.1, 0.15) is 19.8 Å². The Bertz CT molecular complexity index is 128. The van der Waals surface area contributed by atoms with Crippen LogP contribution in [-0.2, 0) is 0 Å². The van der Waals surface area contributed by atoms with Gasteiger partial charge in [0, 0.05) is 12.3 Å². The Morgan fingerprint density at radius 2 is 2.45 bits per heavy atom. The van der Waals surface area contributed by atoms with Crippen molar-refractivity contribution >= 4 is 40.9 Å².